The summed E-state index contributed by atoms with van der Waals surface area (Å²) >= 11 is 2.09. The first kappa shape index (κ1) is 25.4. The SMILES string of the molecule is CCOc1cc(C=NNC(=O)c2ccc(C(C)(C)C)cc2)ccc1OC(=O)c1ccccc1I. The zero-order valence-electron chi connectivity index (χ0n) is 19.6. The molecule has 0 fully saturated rings. The third kappa shape index (κ3) is 6.66. The number of benzene rings is 3. The fourth-order valence-electron chi connectivity index (χ4n) is 3.09. The Hall–Kier alpha value is -3.20. The molecule has 0 aromatic heterocycles. The van der Waals surface area contributed by atoms with Crippen molar-refractivity contribution < 1.29 is 19.1 Å². The second-order valence-corrected chi connectivity index (χ2v) is 9.70. The van der Waals surface area contributed by atoms with E-state index in [4.69, 9.17) is 9.47 Å². The third-order valence-electron chi connectivity index (χ3n) is 4.96. The van der Waals surface area contributed by atoms with Gasteiger partial charge in [0.25, 0.3) is 5.91 Å². The number of nitrogens with zero attached hydrogens (tertiary/aromatic N) is 1. The van der Waals surface area contributed by atoms with Gasteiger partial charge >= 0.3 is 5.97 Å². The van der Waals surface area contributed by atoms with Gasteiger partial charge in [0.05, 0.1) is 18.4 Å². The van der Waals surface area contributed by atoms with Crippen LogP contribution in [0.25, 0.3) is 0 Å². The number of amides is 1. The Morgan fingerprint density at radius 2 is 1.71 bits per heavy atom. The van der Waals surface area contributed by atoms with Gasteiger partial charge in [-0.15, -0.1) is 0 Å². The molecule has 34 heavy (non-hydrogen) atoms. The lowest BCUT2D eigenvalue weighted by atomic mass is 9.87. The number of halogens is 1. The van der Waals surface area contributed by atoms with Crippen LogP contribution in [0.5, 0.6) is 11.5 Å². The molecular weight excluding hydrogens is 543 g/mol. The Kier molecular flexibility index (Phi) is 8.44. The normalized spacial score (nSPS) is 11.3. The van der Waals surface area contributed by atoms with E-state index < -0.39 is 5.97 Å². The predicted molar refractivity (Wildman–Crippen MR) is 142 cm³/mol. The maximum Gasteiger partial charge on any atom is 0.344 e. The first-order chi connectivity index (χ1) is 16.2. The molecule has 1 amide bonds. The van der Waals surface area contributed by atoms with Crippen LogP contribution in [0, 0.1) is 3.57 Å². The number of rotatable bonds is 7. The van der Waals surface area contributed by atoms with Crippen LogP contribution in [0.15, 0.2) is 71.8 Å². The number of carbonyl (C=O) groups is 2. The van der Waals surface area contributed by atoms with Gasteiger partial charge in [0.1, 0.15) is 0 Å². The molecule has 0 saturated heterocycles. The van der Waals surface area contributed by atoms with Crippen LogP contribution in [0.2, 0.25) is 0 Å². The first-order valence-corrected chi connectivity index (χ1v) is 11.9. The molecule has 0 spiro atoms. The van der Waals surface area contributed by atoms with Gasteiger partial charge < -0.3 is 9.47 Å². The summed E-state index contributed by atoms with van der Waals surface area (Å²) in [6.07, 6.45) is 1.51. The van der Waals surface area contributed by atoms with Crippen molar-refractivity contribution in [1.29, 1.82) is 0 Å². The summed E-state index contributed by atoms with van der Waals surface area (Å²) in [5.74, 6) is -0.0386. The Labute approximate surface area is 213 Å². The van der Waals surface area contributed by atoms with Gasteiger partial charge in [0, 0.05) is 9.13 Å². The van der Waals surface area contributed by atoms with Crippen molar-refractivity contribution in [2.24, 2.45) is 5.10 Å². The highest BCUT2D eigenvalue weighted by atomic mass is 127. The summed E-state index contributed by atoms with van der Waals surface area (Å²) < 4.78 is 12.0. The van der Waals surface area contributed by atoms with Crippen LogP contribution in [0.1, 0.15) is 59.5 Å². The molecule has 3 aromatic carbocycles. The van der Waals surface area contributed by atoms with Crippen molar-refractivity contribution in [2.75, 3.05) is 6.61 Å². The number of hydrogen-bond acceptors (Lipinski definition) is 5. The van der Waals surface area contributed by atoms with Crippen LogP contribution in [-0.4, -0.2) is 24.7 Å². The van der Waals surface area contributed by atoms with Crippen molar-refractivity contribution >= 4 is 40.7 Å². The lowest BCUT2D eigenvalue weighted by Crippen LogP contribution is -2.18. The molecule has 7 heteroatoms. The summed E-state index contributed by atoms with van der Waals surface area (Å²) in [5, 5.41) is 4.05. The molecule has 176 valence electrons. The van der Waals surface area contributed by atoms with Gasteiger partial charge in [-0.2, -0.15) is 5.10 Å². The number of hydrogen-bond donors (Lipinski definition) is 1. The molecule has 0 aliphatic carbocycles. The van der Waals surface area contributed by atoms with Gasteiger partial charge in [-0.1, -0.05) is 45.0 Å². The lowest BCUT2D eigenvalue weighted by molar-refractivity contribution is 0.0727. The van der Waals surface area contributed by atoms with Gasteiger partial charge in [0.2, 0.25) is 0 Å². The largest absolute Gasteiger partial charge is 0.490 e. The maximum absolute atomic E-state index is 12.6. The third-order valence-corrected chi connectivity index (χ3v) is 5.90. The van der Waals surface area contributed by atoms with E-state index in [1.165, 1.54) is 6.21 Å². The van der Waals surface area contributed by atoms with E-state index in [1.807, 2.05) is 31.2 Å². The standard InChI is InChI=1S/C27H27IN2O4/c1-5-33-24-16-18(10-15-23(24)34-26(32)21-8-6-7-9-22(21)28)17-29-30-25(31)19-11-13-20(14-12-19)27(2,3)4/h6-17H,5H2,1-4H3,(H,30,31). The van der Waals surface area contributed by atoms with E-state index >= 15 is 0 Å². The van der Waals surface area contributed by atoms with E-state index in [2.05, 4.69) is 53.9 Å². The van der Waals surface area contributed by atoms with Crippen molar-refractivity contribution in [3.05, 3.63) is 92.6 Å². The second-order valence-electron chi connectivity index (χ2n) is 8.54. The number of hydrazone groups is 1. The summed E-state index contributed by atoms with van der Waals surface area (Å²) in [7, 11) is 0. The fraction of sp³-hybridized carbons (Fsp3) is 0.222. The highest BCUT2D eigenvalue weighted by Crippen LogP contribution is 2.29. The van der Waals surface area contributed by atoms with Crippen molar-refractivity contribution in [2.45, 2.75) is 33.1 Å². The maximum atomic E-state index is 12.6. The Bertz CT molecular complexity index is 1200. The Morgan fingerprint density at radius 1 is 1.00 bits per heavy atom. The number of ether oxygens (including phenoxy) is 2. The molecule has 0 unspecified atom stereocenters. The van der Waals surface area contributed by atoms with Gasteiger partial charge in [-0.05, 0) is 88.5 Å². The highest BCUT2D eigenvalue weighted by molar-refractivity contribution is 14.1. The molecule has 0 radical (unpaired) electrons. The number of carbonyl (C=O) groups excluding carboxylic acids is 2. The Morgan fingerprint density at radius 3 is 2.35 bits per heavy atom. The van der Waals surface area contributed by atoms with E-state index in [-0.39, 0.29) is 11.3 Å². The summed E-state index contributed by atoms with van der Waals surface area (Å²) in [6.45, 7) is 8.61. The molecule has 6 nitrogen and oxygen atoms in total. The molecule has 0 aliphatic rings. The zero-order valence-corrected chi connectivity index (χ0v) is 21.8. The smallest absolute Gasteiger partial charge is 0.344 e. The predicted octanol–water partition coefficient (Wildman–Crippen LogP) is 5.97. The first-order valence-electron chi connectivity index (χ1n) is 10.9. The van der Waals surface area contributed by atoms with Gasteiger partial charge in [0.15, 0.2) is 11.5 Å². The molecule has 3 aromatic rings. The molecule has 0 saturated carbocycles. The van der Waals surface area contributed by atoms with E-state index in [0.29, 0.717) is 34.8 Å². The van der Waals surface area contributed by atoms with Gasteiger partial charge in [-0.25, -0.2) is 10.2 Å². The number of nitrogens with one attached hydrogen (secondary N) is 1. The van der Waals surface area contributed by atoms with Crippen LogP contribution in [0.3, 0.4) is 0 Å². The van der Waals surface area contributed by atoms with Crippen LogP contribution < -0.4 is 14.9 Å². The van der Waals surface area contributed by atoms with Crippen LogP contribution in [-0.2, 0) is 5.41 Å². The monoisotopic (exact) mass is 570 g/mol. The van der Waals surface area contributed by atoms with Gasteiger partial charge in [-0.3, -0.25) is 4.79 Å². The summed E-state index contributed by atoms with van der Waals surface area (Å²) in [4.78, 5) is 25.0. The van der Waals surface area contributed by atoms with Crippen LogP contribution in [0.4, 0.5) is 0 Å². The molecule has 0 atom stereocenters. The van der Waals surface area contributed by atoms with Crippen molar-refractivity contribution in [1.82, 2.24) is 5.43 Å². The van der Waals surface area contributed by atoms with E-state index in [9.17, 15) is 9.59 Å². The molecular formula is C27H27IN2O4. The van der Waals surface area contributed by atoms with E-state index in [1.54, 1.807) is 42.5 Å². The average Bonchev–Trinajstić information content (AvgIpc) is 2.80. The quantitative estimate of drug-likeness (QED) is 0.125. The molecule has 1 N–H and O–H groups in total. The molecule has 0 heterocycles. The molecule has 0 bridgehead atoms. The topological polar surface area (TPSA) is 77.0 Å². The van der Waals surface area contributed by atoms with E-state index in [0.717, 1.165) is 9.13 Å². The number of esters is 1. The Balaban J connectivity index is 1.69. The van der Waals surface area contributed by atoms with Crippen LogP contribution >= 0.6 is 22.6 Å². The minimum atomic E-state index is -0.461. The average molecular weight is 570 g/mol. The molecule has 3 rings (SSSR count). The van der Waals surface area contributed by atoms with Crippen molar-refractivity contribution in [3.63, 3.8) is 0 Å². The second kappa shape index (κ2) is 11.3. The minimum absolute atomic E-state index is 0.0193. The zero-order chi connectivity index (χ0) is 24.7. The highest BCUT2D eigenvalue weighted by Gasteiger charge is 2.16. The molecule has 0 aliphatic heterocycles. The summed E-state index contributed by atoms with van der Waals surface area (Å²) in [5.41, 5.74) is 5.39. The summed E-state index contributed by atoms with van der Waals surface area (Å²) in [6, 6.07) is 19.8. The minimum Gasteiger partial charge on any atom is -0.490 e. The lowest BCUT2D eigenvalue weighted by Gasteiger charge is -2.18. The van der Waals surface area contributed by atoms with Crippen molar-refractivity contribution in [3.8, 4) is 11.5 Å². The fourth-order valence-corrected chi connectivity index (χ4v) is 3.70.